The first-order valence-corrected chi connectivity index (χ1v) is 7.98. The van der Waals surface area contributed by atoms with Crippen molar-refractivity contribution in [1.29, 1.82) is 0 Å². The number of rotatable bonds is 4. The largest absolute Gasteiger partial charge is 0.392 e. The molecule has 0 unspecified atom stereocenters. The molecule has 0 aromatic heterocycles. The molecule has 0 aliphatic heterocycles. The molecule has 0 bridgehead atoms. The number of benzene rings is 2. The normalized spacial score (nSPS) is 11.4. The van der Waals surface area contributed by atoms with Crippen LogP contribution in [0.15, 0.2) is 45.8 Å². The maximum Gasteiger partial charge on any atom is 0.261 e. The number of anilines is 1. The van der Waals surface area contributed by atoms with E-state index in [2.05, 4.69) is 15.9 Å². The lowest BCUT2D eigenvalue weighted by Crippen LogP contribution is -2.14. The summed E-state index contributed by atoms with van der Waals surface area (Å²) in [6.45, 7) is -0.215. The first-order chi connectivity index (χ1) is 9.83. The fourth-order valence-corrected chi connectivity index (χ4v) is 2.98. The fraction of sp³-hybridized carbons (Fsp3) is 0.0769. The van der Waals surface area contributed by atoms with Gasteiger partial charge in [0.1, 0.15) is 11.6 Å². The molecule has 0 atom stereocenters. The number of aliphatic hydroxyl groups is 1. The Bertz CT molecular complexity index is 764. The molecule has 2 aromatic carbocycles. The van der Waals surface area contributed by atoms with E-state index in [0.717, 1.165) is 6.07 Å². The van der Waals surface area contributed by atoms with Crippen molar-refractivity contribution < 1.29 is 22.3 Å². The summed E-state index contributed by atoms with van der Waals surface area (Å²) in [6, 6.07) is 7.02. The predicted molar refractivity (Wildman–Crippen MR) is 77.2 cm³/mol. The summed E-state index contributed by atoms with van der Waals surface area (Å²) in [4.78, 5) is -0.0976. The van der Waals surface area contributed by atoms with Crippen LogP contribution in [0.3, 0.4) is 0 Å². The number of aliphatic hydroxyl groups excluding tert-OH is 1. The smallest absolute Gasteiger partial charge is 0.261 e. The summed E-state index contributed by atoms with van der Waals surface area (Å²) in [5.74, 6) is -1.85. The van der Waals surface area contributed by atoms with Crippen LogP contribution in [0.1, 0.15) is 5.56 Å². The number of hydrogen-bond acceptors (Lipinski definition) is 3. The Kier molecular flexibility index (Phi) is 4.60. The van der Waals surface area contributed by atoms with Crippen molar-refractivity contribution >= 4 is 31.6 Å². The highest BCUT2D eigenvalue weighted by atomic mass is 79.9. The van der Waals surface area contributed by atoms with Gasteiger partial charge in [-0.25, -0.2) is 17.2 Å². The van der Waals surface area contributed by atoms with Gasteiger partial charge in [0.05, 0.1) is 21.7 Å². The molecule has 0 heterocycles. The zero-order chi connectivity index (χ0) is 15.6. The van der Waals surface area contributed by atoms with E-state index in [9.17, 15) is 17.2 Å². The van der Waals surface area contributed by atoms with Crippen LogP contribution in [0.2, 0.25) is 0 Å². The Labute approximate surface area is 128 Å². The Morgan fingerprint density at radius 3 is 2.29 bits per heavy atom. The van der Waals surface area contributed by atoms with Crippen LogP contribution in [0.4, 0.5) is 14.5 Å². The van der Waals surface area contributed by atoms with Gasteiger partial charge in [-0.1, -0.05) is 12.1 Å². The first-order valence-electron chi connectivity index (χ1n) is 5.70. The summed E-state index contributed by atoms with van der Waals surface area (Å²) in [7, 11) is -4.01. The molecule has 112 valence electrons. The number of nitrogens with one attached hydrogen (secondary N) is 1. The SMILES string of the molecule is O=S(=O)(Nc1cc(Br)c(F)cc1F)c1ccc(CO)cc1. The average Bonchev–Trinajstić information content (AvgIpc) is 2.44. The molecule has 0 amide bonds. The van der Waals surface area contributed by atoms with Crippen LogP contribution in [0, 0.1) is 11.6 Å². The maximum absolute atomic E-state index is 13.6. The number of halogens is 3. The Morgan fingerprint density at radius 2 is 1.71 bits per heavy atom. The van der Waals surface area contributed by atoms with Gasteiger partial charge in [-0.05, 0) is 39.7 Å². The fourth-order valence-electron chi connectivity index (χ4n) is 1.58. The third-order valence-corrected chi connectivity index (χ3v) is 4.66. The maximum atomic E-state index is 13.6. The highest BCUT2D eigenvalue weighted by Crippen LogP contribution is 2.25. The lowest BCUT2D eigenvalue weighted by atomic mass is 10.2. The van der Waals surface area contributed by atoms with Gasteiger partial charge in [-0.15, -0.1) is 0 Å². The van der Waals surface area contributed by atoms with E-state index in [0.29, 0.717) is 11.6 Å². The monoisotopic (exact) mass is 377 g/mol. The molecule has 2 aromatic rings. The second-order valence-corrected chi connectivity index (χ2v) is 6.69. The van der Waals surface area contributed by atoms with Crippen LogP contribution in [0.25, 0.3) is 0 Å². The molecule has 21 heavy (non-hydrogen) atoms. The summed E-state index contributed by atoms with van der Waals surface area (Å²) in [6.07, 6.45) is 0. The van der Waals surface area contributed by atoms with E-state index in [4.69, 9.17) is 5.11 Å². The molecule has 2 rings (SSSR count). The van der Waals surface area contributed by atoms with Gasteiger partial charge in [0.25, 0.3) is 10.0 Å². The van der Waals surface area contributed by atoms with Gasteiger partial charge < -0.3 is 5.11 Å². The molecule has 8 heteroatoms. The molecule has 0 saturated carbocycles. The first kappa shape index (κ1) is 15.9. The van der Waals surface area contributed by atoms with Crippen molar-refractivity contribution in [2.75, 3.05) is 4.72 Å². The molecule has 0 radical (unpaired) electrons. The van der Waals surface area contributed by atoms with E-state index >= 15 is 0 Å². The standard InChI is InChI=1S/C13H10BrF2NO3S/c14-10-5-13(12(16)6-11(10)15)17-21(19,20)9-3-1-8(7-18)2-4-9/h1-6,17-18H,7H2. The number of sulfonamides is 1. The van der Waals surface area contributed by atoms with Gasteiger partial charge in [0.2, 0.25) is 0 Å². The topological polar surface area (TPSA) is 66.4 Å². The Hall–Kier alpha value is -1.51. The minimum absolute atomic E-state index is 0.0581. The van der Waals surface area contributed by atoms with Gasteiger partial charge in [0, 0.05) is 6.07 Å². The summed E-state index contributed by atoms with van der Waals surface area (Å²) in [5, 5.41) is 8.90. The van der Waals surface area contributed by atoms with Gasteiger partial charge in [0.15, 0.2) is 0 Å². The molecule has 4 nitrogen and oxygen atoms in total. The van der Waals surface area contributed by atoms with Crippen LogP contribution < -0.4 is 4.72 Å². The molecule has 0 saturated heterocycles. The zero-order valence-electron chi connectivity index (χ0n) is 10.5. The van der Waals surface area contributed by atoms with E-state index < -0.39 is 21.7 Å². The van der Waals surface area contributed by atoms with Gasteiger partial charge in [-0.3, -0.25) is 4.72 Å². The van der Waals surface area contributed by atoms with Crippen LogP contribution in [-0.2, 0) is 16.6 Å². The number of hydrogen-bond donors (Lipinski definition) is 2. The molecule has 0 aliphatic carbocycles. The van der Waals surface area contributed by atoms with Crippen molar-refractivity contribution in [3.8, 4) is 0 Å². The van der Waals surface area contributed by atoms with Crippen molar-refractivity contribution in [3.63, 3.8) is 0 Å². The molecular weight excluding hydrogens is 368 g/mol. The predicted octanol–water partition coefficient (Wildman–Crippen LogP) is 3.02. The average molecular weight is 378 g/mol. The summed E-state index contributed by atoms with van der Waals surface area (Å²) < 4.78 is 52.9. The second kappa shape index (κ2) is 6.08. The highest BCUT2D eigenvalue weighted by Gasteiger charge is 2.17. The summed E-state index contributed by atoms with van der Waals surface area (Å²) in [5.41, 5.74) is 0.180. The lowest BCUT2D eigenvalue weighted by Gasteiger charge is -2.10. The van der Waals surface area contributed by atoms with Gasteiger partial charge in [-0.2, -0.15) is 0 Å². The van der Waals surface area contributed by atoms with Crippen molar-refractivity contribution in [2.45, 2.75) is 11.5 Å². The Balaban J connectivity index is 2.34. The highest BCUT2D eigenvalue weighted by molar-refractivity contribution is 9.10. The minimum atomic E-state index is -4.01. The second-order valence-electron chi connectivity index (χ2n) is 4.15. The van der Waals surface area contributed by atoms with Crippen LogP contribution in [-0.4, -0.2) is 13.5 Å². The van der Waals surface area contributed by atoms with Crippen molar-refractivity contribution in [3.05, 3.63) is 58.1 Å². The third kappa shape index (κ3) is 3.58. The van der Waals surface area contributed by atoms with Crippen molar-refractivity contribution in [2.24, 2.45) is 0 Å². The van der Waals surface area contributed by atoms with E-state index in [1.807, 2.05) is 4.72 Å². The van der Waals surface area contributed by atoms with E-state index in [-0.39, 0.29) is 21.7 Å². The van der Waals surface area contributed by atoms with E-state index in [1.165, 1.54) is 24.3 Å². The third-order valence-electron chi connectivity index (χ3n) is 2.67. The zero-order valence-corrected chi connectivity index (χ0v) is 12.9. The molecule has 2 N–H and O–H groups in total. The molecule has 0 aliphatic rings. The summed E-state index contributed by atoms with van der Waals surface area (Å²) >= 11 is 2.86. The molecule has 0 fully saturated rings. The van der Waals surface area contributed by atoms with Crippen LogP contribution in [0.5, 0.6) is 0 Å². The van der Waals surface area contributed by atoms with Gasteiger partial charge >= 0.3 is 0 Å². The van der Waals surface area contributed by atoms with E-state index in [1.54, 1.807) is 0 Å². The minimum Gasteiger partial charge on any atom is -0.392 e. The quantitative estimate of drug-likeness (QED) is 0.804. The van der Waals surface area contributed by atoms with Crippen LogP contribution >= 0.6 is 15.9 Å². The molecule has 0 spiro atoms. The lowest BCUT2D eigenvalue weighted by molar-refractivity contribution is 0.282. The molecular formula is C13H10BrF2NO3S. The Morgan fingerprint density at radius 1 is 1.10 bits per heavy atom. The van der Waals surface area contributed by atoms with Crippen molar-refractivity contribution in [1.82, 2.24) is 0 Å².